The first kappa shape index (κ1) is 28.0. The number of likely N-dealkylation sites (tertiary alicyclic amines) is 1. The summed E-state index contributed by atoms with van der Waals surface area (Å²) in [5.74, 6) is 2.57. The largest absolute Gasteiger partial charge is 0.444 e. The van der Waals surface area contributed by atoms with Gasteiger partial charge in [0.25, 0.3) is 0 Å². The number of fused-ring (bicyclic) bond motifs is 1. The summed E-state index contributed by atoms with van der Waals surface area (Å²) in [7, 11) is 0. The molecule has 9 nitrogen and oxygen atoms in total. The molecule has 2 aliphatic heterocycles. The summed E-state index contributed by atoms with van der Waals surface area (Å²) in [6.45, 7) is 10.0. The molecule has 3 unspecified atom stereocenters. The molecule has 2 saturated heterocycles. The number of halogens is 2. The normalized spacial score (nSPS) is 22.4. The monoisotopic (exact) mass is 680 g/mol. The van der Waals surface area contributed by atoms with Gasteiger partial charge >= 0.3 is 6.09 Å². The number of anilines is 1. The molecule has 0 bridgehead atoms. The van der Waals surface area contributed by atoms with Crippen LogP contribution in [-0.4, -0.2) is 74.8 Å². The van der Waals surface area contributed by atoms with Crippen LogP contribution in [0, 0.1) is 6.92 Å². The molecule has 0 N–H and O–H groups in total. The highest BCUT2D eigenvalue weighted by Crippen LogP contribution is 2.40. The molecule has 1 aromatic carbocycles. The standard InChI is InChI=1S/C28H35FIN6O3P/c1-16-9-18-12-31-36(25-11-24(32-26(33-25)17-5-6-17)35-13-19(14-35)39-40-30)23(18)10-21(16)20-7-8-34(15-22(20)29)27(37)38-28(2,3)4/h9-12,17,19-20,22,40H,5-8,13-15H2,1-4H3. The van der Waals surface area contributed by atoms with Crippen LogP contribution in [0.2, 0.25) is 0 Å². The molecule has 4 heterocycles. The van der Waals surface area contributed by atoms with Crippen molar-refractivity contribution >= 4 is 51.3 Å². The van der Waals surface area contributed by atoms with Crippen LogP contribution in [0.25, 0.3) is 16.7 Å². The highest BCUT2D eigenvalue weighted by molar-refractivity contribution is 14.2. The number of carbonyl (C=O) groups excluding carboxylic acids is 1. The first-order valence-electron chi connectivity index (χ1n) is 13.9. The smallest absolute Gasteiger partial charge is 0.410 e. The predicted octanol–water partition coefficient (Wildman–Crippen LogP) is 6.21. The lowest BCUT2D eigenvalue weighted by Gasteiger charge is -2.39. The van der Waals surface area contributed by atoms with Gasteiger partial charge in [0.05, 0.1) is 30.8 Å². The van der Waals surface area contributed by atoms with Crippen LogP contribution in [0.15, 0.2) is 24.4 Å². The highest BCUT2D eigenvalue weighted by Gasteiger charge is 2.36. The fraction of sp³-hybridized carbons (Fsp3) is 0.571. The molecule has 3 fully saturated rings. The van der Waals surface area contributed by atoms with Gasteiger partial charge in [-0.1, -0.05) is 0 Å². The molecule has 3 aliphatic rings. The number of aryl methyl sites for hydroxylation is 1. The Hall–Kier alpha value is -2.11. The van der Waals surface area contributed by atoms with E-state index in [4.69, 9.17) is 24.3 Å². The molecule has 3 atom stereocenters. The third-order valence-corrected chi connectivity index (χ3v) is 8.99. The zero-order chi connectivity index (χ0) is 28.2. The number of aromatic nitrogens is 4. The lowest BCUT2D eigenvalue weighted by atomic mass is 9.85. The fourth-order valence-electron chi connectivity index (χ4n) is 5.53. The van der Waals surface area contributed by atoms with E-state index in [0.717, 1.165) is 65.4 Å². The Kier molecular flexibility index (Phi) is 7.67. The van der Waals surface area contributed by atoms with Crippen LogP contribution in [0.5, 0.6) is 0 Å². The maximum Gasteiger partial charge on any atom is 0.410 e. The second kappa shape index (κ2) is 10.9. The number of piperidine rings is 1. The van der Waals surface area contributed by atoms with Crippen LogP contribution in [0.3, 0.4) is 0 Å². The molecular formula is C28H35FIN6O3P. The number of hydrogen-bond acceptors (Lipinski definition) is 7. The lowest BCUT2D eigenvalue weighted by Crippen LogP contribution is -2.51. The van der Waals surface area contributed by atoms with Gasteiger partial charge in [-0.05, 0) is 92.3 Å². The number of amides is 1. The summed E-state index contributed by atoms with van der Waals surface area (Å²) >= 11 is 2.26. The first-order chi connectivity index (χ1) is 19.1. The van der Waals surface area contributed by atoms with Crippen molar-refractivity contribution in [3.05, 3.63) is 41.3 Å². The van der Waals surface area contributed by atoms with Gasteiger partial charge in [-0.15, -0.1) is 0 Å². The average molecular weight is 681 g/mol. The number of benzene rings is 1. The summed E-state index contributed by atoms with van der Waals surface area (Å²) in [4.78, 5) is 26.1. The first-order valence-corrected chi connectivity index (χ1v) is 17.9. The minimum absolute atomic E-state index is 0.0228. The Labute approximate surface area is 248 Å². The fourth-order valence-corrected chi connectivity index (χ4v) is 6.88. The van der Waals surface area contributed by atoms with E-state index in [2.05, 4.69) is 39.1 Å². The zero-order valence-electron chi connectivity index (χ0n) is 23.2. The number of nitrogens with zero attached hydrogens (tertiary/aromatic N) is 6. The quantitative estimate of drug-likeness (QED) is 0.226. The summed E-state index contributed by atoms with van der Waals surface area (Å²) in [6.07, 6.45) is 3.18. The molecule has 0 spiro atoms. The van der Waals surface area contributed by atoms with Gasteiger partial charge in [-0.3, -0.25) is 0 Å². The van der Waals surface area contributed by atoms with Crippen LogP contribution < -0.4 is 4.90 Å². The van der Waals surface area contributed by atoms with Gasteiger partial charge in [-0.25, -0.2) is 23.8 Å². The third-order valence-electron chi connectivity index (χ3n) is 7.81. The van der Waals surface area contributed by atoms with Gasteiger partial charge < -0.3 is 19.1 Å². The van der Waals surface area contributed by atoms with Crippen molar-refractivity contribution in [3.63, 3.8) is 0 Å². The molecule has 1 saturated carbocycles. The zero-order valence-corrected chi connectivity index (χ0v) is 26.4. The molecule has 1 aliphatic carbocycles. The van der Waals surface area contributed by atoms with Crippen LogP contribution >= 0.6 is 28.5 Å². The van der Waals surface area contributed by atoms with E-state index in [0.29, 0.717) is 25.3 Å². The van der Waals surface area contributed by atoms with Crippen molar-refractivity contribution in [2.24, 2.45) is 0 Å². The summed E-state index contributed by atoms with van der Waals surface area (Å²) in [5, 5.41) is 5.69. The highest BCUT2D eigenvalue weighted by atomic mass is 127. The van der Waals surface area contributed by atoms with E-state index in [9.17, 15) is 4.79 Å². The summed E-state index contributed by atoms with van der Waals surface area (Å²) in [6, 6.07) is 6.14. The Morgan fingerprint density at radius 1 is 1.10 bits per heavy atom. The van der Waals surface area contributed by atoms with E-state index >= 15 is 4.39 Å². The van der Waals surface area contributed by atoms with E-state index in [1.54, 1.807) is 0 Å². The molecule has 0 radical (unpaired) electrons. The molecule has 2 aromatic heterocycles. The van der Waals surface area contributed by atoms with Crippen LogP contribution in [-0.2, 0) is 9.26 Å². The van der Waals surface area contributed by atoms with Crippen molar-refractivity contribution in [2.45, 2.75) is 76.7 Å². The van der Waals surface area contributed by atoms with Gasteiger partial charge in [0.1, 0.15) is 23.4 Å². The maximum absolute atomic E-state index is 15.6. The Balaban J connectivity index is 1.28. The summed E-state index contributed by atoms with van der Waals surface area (Å²) < 4.78 is 28.7. The number of hydrogen-bond donors (Lipinski definition) is 0. The van der Waals surface area contributed by atoms with Crippen molar-refractivity contribution in [1.82, 2.24) is 24.6 Å². The summed E-state index contributed by atoms with van der Waals surface area (Å²) in [5.41, 5.74) is 2.25. The lowest BCUT2D eigenvalue weighted by molar-refractivity contribution is 0.0111. The second-order valence-corrected chi connectivity index (χ2v) is 13.8. The Morgan fingerprint density at radius 2 is 1.85 bits per heavy atom. The van der Waals surface area contributed by atoms with Crippen LogP contribution in [0.1, 0.15) is 68.8 Å². The molecular weight excluding hydrogens is 645 g/mol. The SMILES string of the molecule is Cc1cc2cnn(-c3cc(N4CC(OPI)C4)nc(C4CC4)n3)c2cc1C1CCN(C(=O)OC(C)(C)C)CC1F. The molecule has 40 heavy (non-hydrogen) atoms. The number of carbonyl (C=O) groups is 1. The van der Waals surface area contributed by atoms with Gasteiger partial charge in [0.15, 0.2) is 5.82 Å². The predicted molar refractivity (Wildman–Crippen MR) is 163 cm³/mol. The molecule has 214 valence electrons. The average Bonchev–Trinajstić information content (AvgIpc) is 3.64. The van der Waals surface area contributed by atoms with E-state index in [1.165, 1.54) is 4.90 Å². The van der Waals surface area contributed by atoms with Crippen LogP contribution in [0.4, 0.5) is 15.0 Å². The van der Waals surface area contributed by atoms with Gasteiger partial charge in [-0.2, -0.15) is 5.10 Å². The van der Waals surface area contributed by atoms with Crippen molar-refractivity contribution in [1.29, 1.82) is 0 Å². The third kappa shape index (κ3) is 5.79. The van der Waals surface area contributed by atoms with E-state index in [1.807, 2.05) is 44.6 Å². The van der Waals surface area contributed by atoms with E-state index < -0.39 is 17.9 Å². The maximum atomic E-state index is 15.6. The number of ether oxygens (including phenoxy) is 1. The minimum Gasteiger partial charge on any atom is -0.444 e. The van der Waals surface area contributed by atoms with E-state index in [-0.39, 0.29) is 18.6 Å². The minimum atomic E-state index is -1.19. The Bertz CT molecular complexity index is 1420. The Morgan fingerprint density at radius 3 is 2.52 bits per heavy atom. The molecule has 6 rings (SSSR count). The van der Waals surface area contributed by atoms with Gasteiger partial charge in [0, 0.05) is 42.9 Å². The molecule has 12 heteroatoms. The van der Waals surface area contributed by atoms with Gasteiger partial charge in [0.2, 0.25) is 0 Å². The number of rotatable bonds is 6. The second-order valence-electron chi connectivity index (χ2n) is 12.1. The molecule has 1 amide bonds. The molecule has 3 aromatic rings. The topological polar surface area (TPSA) is 85.6 Å². The number of alkyl halides is 1. The van der Waals surface area contributed by atoms with Crippen molar-refractivity contribution < 1.29 is 18.4 Å². The van der Waals surface area contributed by atoms with Crippen molar-refractivity contribution in [2.75, 3.05) is 31.1 Å². The van der Waals surface area contributed by atoms with Crippen molar-refractivity contribution in [3.8, 4) is 5.82 Å².